The number of amides is 1. The first kappa shape index (κ1) is 18.7. The maximum absolute atomic E-state index is 11.9. The number of carbonyl (C=O) groups is 2. The summed E-state index contributed by atoms with van der Waals surface area (Å²) in [4.78, 5) is 23.8. The van der Waals surface area contributed by atoms with Crippen molar-refractivity contribution in [1.29, 1.82) is 0 Å². The summed E-state index contributed by atoms with van der Waals surface area (Å²) in [6, 6.07) is 4.76. The van der Waals surface area contributed by atoms with E-state index in [0.29, 0.717) is 16.5 Å². The van der Waals surface area contributed by atoms with Gasteiger partial charge in [0.2, 0.25) is 0 Å². The summed E-state index contributed by atoms with van der Waals surface area (Å²) in [5.41, 5.74) is -0.167. The molecule has 1 N–H and O–H groups in total. The molecule has 1 aliphatic carbocycles. The molecule has 0 radical (unpaired) electrons. The van der Waals surface area contributed by atoms with Gasteiger partial charge in [0.1, 0.15) is 9.75 Å². The Labute approximate surface area is 154 Å². The van der Waals surface area contributed by atoms with Gasteiger partial charge in [-0.2, -0.15) is 0 Å². The zero-order chi connectivity index (χ0) is 17.4. The van der Waals surface area contributed by atoms with E-state index >= 15 is 0 Å². The number of alkyl halides is 2. The molecule has 126 valence electrons. The van der Waals surface area contributed by atoms with Crippen LogP contribution in [-0.2, 0) is 14.3 Å². The Bertz CT molecular complexity index is 650. The summed E-state index contributed by atoms with van der Waals surface area (Å²) in [6.07, 6.45) is 0.309. The maximum atomic E-state index is 11.9. The third kappa shape index (κ3) is 4.05. The molecule has 1 aromatic rings. The lowest BCUT2D eigenvalue weighted by Gasteiger charge is -2.16. The van der Waals surface area contributed by atoms with Crippen molar-refractivity contribution in [1.82, 2.24) is 5.32 Å². The van der Waals surface area contributed by atoms with Crippen LogP contribution in [0, 0.1) is 5.41 Å². The second-order valence-corrected chi connectivity index (χ2v) is 8.05. The summed E-state index contributed by atoms with van der Waals surface area (Å²) < 4.78 is 3.86. The van der Waals surface area contributed by atoms with Crippen LogP contribution in [0.3, 0.4) is 0 Å². The van der Waals surface area contributed by atoms with Crippen LogP contribution < -0.4 is 5.32 Å². The highest BCUT2D eigenvalue weighted by Crippen LogP contribution is 2.64. The van der Waals surface area contributed by atoms with E-state index < -0.39 is 28.2 Å². The molecule has 23 heavy (non-hydrogen) atoms. The maximum Gasteiger partial charge on any atom is 0.315 e. The Morgan fingerprint density at radius 1 is 1.30 bits per heavy atom. The minimum atomic E-state index is -1.12. The Morgan fingerprint density at radius 2 is 1.91 bits per heavy atom. The standard InChI is InChI=1S/C15H15Cl4NO3/c1-8(9-3-4-10(16)11(17)5-9)20-12(21)6-23-13(22)14(2)7-15(14,18)19/h3-5,8H,6-7H2,1-2H3,(H,20,21)/t8-,14-/m1/s1. The first-order valence-corrected chi connectivity index (χ1v) is 8.37. The van der Waals surface area contributed by atoms with Crippen molar-refractivity contribution in [2.24, 2.45) is 5.41 Å². The molecule has 0 heterocycles. The van der Waals surface area contributed by atoms with Gasteiger partial charge in [0.25, 0.3) is 5.91 Å². The van der Waals surface area contributed by atoms with Gasteiger partial charge >= 0.3 is 5.97 Å². The molecule has 0 unspecified atom stereocenters. The van der Waals surface area contributed by atoms with Crippen LogP contribution in [-0.4, -0.2) is 22.8 Å². The normalized spacial score (nSPS) is 23.0. The number of hydrogen-bond donors (Lipinski definition) is 1. The zero-order valence-electron chi connectivity index (χ0n) is 12.5. The number of rotatable bonds is 5. The molecule has 1 amide bonds. The van der Waals surface area contributed by atoms with Crippen LogP contribution in [0.25, 0.3) is 0 Å². The van der Waals surface area contributed by atoms with Crippen LogP contribution in [0.15, 0.2) is 18.2 Å². The lowest BCUT2D eigenvalue weighted by molar-refractivity contribution is -0.153. The molecule has 0 aliphatic heterocycles. The molecule has 1 saturated carbocycles. The molecule has 0 aromatic heterocycles. The van der Waals surface area contributed by atoms with Crippen molar-refractivity contribution in [3.63, 3.8) is 0 Å². The topological polar surface area (TPSA) is 55.4 Å². The second kappa shape index (κ2) is 6.67. The number of nitrogens with one attached hydrogen (secondary N) is 1. The van der Waals surface area contributed by atoms with Crippen LogP contribution in [0.1, 0.15) is 31.9 Å². The number of hydrogen-bond acceptors (Lipinski definition) is 3. The predicted octanol–water partition coefficient (Wildman–Crippen LogP) is 4.30. The molecule has 8 heteroatoms. The molecule has 0 spiro atoms. The van der Waals surface area contributed by atoms with Gasteiger partial charge in [-0.15, -0.1) is 23.2 Å². The van der Waals surface area contributed by atoms with Gasteiger partial charge in [-0.05, 0) is 31.5 Å². The minimum absolute atomic E-state index is 0.309. The first-order valence-electron chi connectivity index (χ1n) is 6.86. The van der Waals surface area contributed by atoms with E-state index in [9.17, 15) is 9.59 Å². The van der Waals surface area contributed by atoms with Crippen molar-refractivity contribution >= 4 is 58.3 Å². The van der Waals surface area contributed by atoms with Gasteiger partial charge in [-0.3, -0.25) is 9.59 Å². The Balaban J connectivity index is 1.85. The quantitative estimate of drug-likeness (QED) is 0.594. The Kier molecular flexibility index (Phi) is 5.41. The van der Waals surface area contributed by atoms with Crippen molar-refractivity contribution < 1.29 is 14.3 Å². The fourth-order valence-corrected chi connectivity index (χ4v) is 3.06. The van der Waals surface area contributed by atoms with Crippen molar-refractivity contribution in [3.8, 4) is 0 Å². The molecule has 2 atom stereocenters. The molecule has 1 fully saturated rings. The van der Waals surface area contributed by atoms with Gasteiger partial charge in [0, 0.05) is 6.42 Å². The highest BCUT2D eigenvalue weighted by atomic mass is 35.5. The molecule has 1 aliphatic rings. The highest BCUT2D eigenvalue weighted by molar-refractivity contribution is 6.53. The van der Waals surface area contributed by atoms with E-state index in [2.05, 4.69) is 5.32 Å². The molecule has 0 bridgehead atoms. The van der Waals surface area contributed by atoms with Crippen LogP contribution in [0.2, 0.25) is 10.0 Å². The van der Waals surface area contributed by atoms with Crippen LogP contribution in [0.5, 0.6) is 0 Å². The van der Waals surface area contributed by atoms with Crippen molar-refractivity contribution in [3.05, 3.63) is 33.8 Å². The lowest BCUT2D eigenvalue weighted by atomic mass is 10.1. The second-order valence-electron chi connectivity index (χ2n) is 5.75. The highest BCUT2D eigenvalue weighted by Gasteiger charge is 2.69. The number of halogens is 4. The predicted molar refractivity (Wildman–Crippen MR) is 91.1 cm³/mol. The SMILES string of the molecule is C[C@@H](NC(=O)COC(=O)[C@@]1(C)CC1(Cl)Cl)c1ccc(Cl)c(Cl)c1. The third-order valence-corrected chi connectivity index (χ3v) is 5.70. The van der Waals surface area contributed by atoms with E-state index in [1.165, 1.54) is 0 Å². The van der Waals surface area contributed by atoms with Gasteiger partial charge in [0.05, 0.1) is 16.1 Å². The molecule has 1 aromatic carbocycles. The number of esters is 1. The average molecular weight is 399 g/mol. The van der Waals surface area contributed by atoms with Gasteiger partial charge < -0.3 is 10.1 Å². The molecular weight excluding hydrogens is 384 g/mol. The molecular formula is C15H15Cl4NO3. The summed E-state index contributed by atoms with van der Waals surface area (Å²) in [5, 5.41) is 3.54. The van der Waals surface area contributed by atoms with E-state index in [0.717, 1.165) is 5.56 Å². The Hall–Kier alpha value is -0.680. The molecule has 2 rings (SSSR count). The fourth-order valence-electron chi connectivity index (χ4n) is 2.06. The molecule has 4 nitrogen and oxygen atoms in total. The largest absolute Gasteiger partial charge is 0.455 e. The van der Waals surface area contributed by atoms with Crippen molar-refractivity contribution in [2.75, 3.05) is 6.61 Å². The number of carbonyl (C=O) groups excluding carboxylic acids is 2. The summed E-state index contributed by atoms with van der Waals surface area (Å²) in [5.74, 6) is -1.02. The lowest BCUT2D eigenvalue weighted by Crippen LogP contribution is -2.33. The smallest absolute Gasteiger partial charge is 0.315 e. The number of benzene rings is 1. The van der Waals surface area contributed by atoms with Crippen LogP contribution in [0.4, 0.5) is 0 Å². The van der Waals surface area contributed by atoms with E-state index in [-0.39, 0.29) is 6.04 Å². The first-order chi connectivity index (χ1) is 10.6. The fraction of sp³-hybridized carbons (Fsp3) is 0.467. The van der Waals surface area contributed by atoms with Crippen molar-refractivity contribution in [2.45, 2.75) is 30.6 Å². The van der Waals surface area contributed by atoms with E-state index in [1.54, 1.807) is 32.0 Å². The van der Waals surface area contributed by atoms with Gasteiger partial charge in [-0.25, -0.2) is 0 Å². The number of ether oxygens (including phenoxy) is 1. The van der Waals surface area contributed by atoms with Crippen LogP contribution >= 0.6 is 46.4 Å². The Morgan fingerprint density at radius 3 is 2.43 bits per heavy atom. The summed E-state index contributed by atoms with van der Waals surface area (Å²) in [6.45, 7) is 2.99. The van der Waals surface area contributed by atoms with E-state index in [4.69, 9.17) is 51.1 Å². The average Bonchev–Trinajstić information content (AvgIpc) is 2.99. The monoisotopic (exact) mass is 397 g/mol. The minimum Gasteiger partial charge on any atom is -0.455 e. The third-order valence-electron chi connectivity index (χ3n) is 3.86. The summed E-state index contributed by atoms with van der Waals surface area (Å²) in [7, 11) is 0. The molecule has 0 saturated heterocycles. The summed E-state index contributed by atoms with van der Waals surface area (Å²) >= 11 is 23.6. The van der Waals surface area contributed by atoms with Gasteiger partial charge in [0.15, 0.2) is 6.61 Å². The van der Waals surface area contributed by atoms with E-state index in [1.807, 2.05) is 0 Å². The zero-order valence-corrected chi connectivity index (χ0v) is 15.5. The van der Waals surface area contributed by atoms with Gasteiger partial charge in [-0.1, -0.05) is 29.3 Å².